The fourth-order valence-corrected chi connectivity index (χ4v) is 1.79. The first-order valence-electron chi connectivity index (χ1n) is 6.43. The summed E-state index contributed by atoms with van der Waals surface area (Å²) in [6.45, 7) is 3.25. The molecule has 0 aliphatic heterocycles. The van der Waals surface area contributed by atoms with Crippen molar-refractivity contribution in [3.8, 4) is 0 Å². The third-order valence-electron chi connectivity index (χ3n) is 3.11. The molecule has 0 bridgehead atoms. The van der Waals surface area contributed by atoms with Gasteiger partial charge in [-0.25, -0.2) is 0 Å². The molecule has 0 saturated carbocycles. The molecule has 1 aromatic carbocycles. The van der Waals surface area contributed by atoms with Crippen molar-refractivity contribution in [3.05, 3.63) is 35.9 Å². The Balaban J connectivity index is 2.60. The summed E-state index contributed by atoms with van der Waals surface area (Å²) >= 11 is 0. The average Bonchev–Trinajstić information content (AvgIpc) is 2.43. The number of ketones is 1. The number of methoxy groups -OCH3 is 1. The molecule has 4 heteroatoms. The van der Waals surface area contributed by atoms with Gasteiger partial charge in [-0.05, 0) is 32.3 Å². The van der Waals surface area contributed by atoms with Gasteiger partial charge in [-0.1, -0.05) is 30.3 Å². The number of esters is 1. The highest BCUT2D eigenvalue weighted by atomic mass is 16.5. The third-order valence-corrected chi connectivity index (χ3v) is 3.11. The summed E-state index contributed by atoms with van der Waals surface area (Å²) in [6, 6.07) is 9.12. The predicted molar refractivity (Wildman–Crippen MR) is 73.8 cm³/mol. The van der Waals surface area contributed by atoms with Crippen molar-refractivity contribution in [1.82, 2.24) is 5.32 Å². The number of nitrogens with one attached hydrogen (secondary N) is 1. The predicted octanol–water partition coefficient (Wildman–Crippen LogP) is 1.73. The van der Waals surface area contributed by atoms with Gasteiger partial charge in [0.25, 0.3) is 0 Å². The van der Waals surface area contributed by atoms with E-state index in [1.54, 1.807) is 6.92 Å². The van der Waals surface area contributed by atoms with Gasteiger partial charge >= 0.3 is 5.97 Å². The molecule has 0 spiro atoms. The van der Waals surface area contributed by atoms with Gasteiger partial charge in [-0.3, -0.25) is 14.9 Å². The van der Waals surface area contributed by atoms with Crippen LogP contribution >= 0.6 is 0 Å². The van der Waals surface area contributed by atoms with Crippen molar-refractivity contribution in [1.29, 1.82) is 0 Å². The van der Waals surface area contributed by atoms with Gasteiger partial charge in [-0.2, -0.15) is 0 Å². The molecule has 0 radical (unpaired) electrons. The van der Waals surface area contributed by atoms with Gasteiger partial charge in [0.05, 0.1) is 13.2 Å². The SMILES string of the molecule is COC(=O)C(CCc1ccccc1)NC(C)C(C)=O. The lowest BCUT2D eigenvalue weighted by Crippen LogP contribution is -2.45. The van der Waals surface area contributed by atoms with E-state index in [1.807, 2.05) is 30.3 Å². The highest BCUT2D eigenvalue weighted by Gasteiger charge is 2.22. The number of aryl methyl sites for hydroxylation is 1. The summed E-state index contributed by atoms with van der Waals surface area (Å²) in [7, 11) is 1.36. The number of rotatable bonds is 7. The first-order chi connectivity index (χ1) is 9.04. The van der Waals surface area contributed by atoms with Crippen LogP contribution in [0, 0.1) is 0 Å². The van der Waals surface area contributed by atoms with Gasteiger partial charge in [0.2, 0.25) is 0 Å². The lowest BCUT2D eigenvalue weighted by Gasteiger charge is -2.19. The van der Waals surface area contributed by atoms with E-state index in [0.29, 0.717) is 6.42 Å². The van der Waals surface area contributed by atoms with E-state index in [2.05, 4.69) is 5.32 Å². The lowest BCUT2D eigenvalue weighted by molar-refractivity contribution is -0.143. The normalized spacial score (nSPS) is 13.6. The molecule has 1 N–H and O–H groups in total. The molecule has 19 heavy (non-hydrogen) atoms. The molecule has 2 atom stereocenters. The van der Waals surface area contributed by atoms with E-state index in [9.17, 15) is 9.59 Å². The first kappa shape index (κ1) is 15.4. The van der Waals surface area contributed by atoms with Crippen molar-refractivity contribution in [3.63, 3.8) is 0 Å². The fourth-order valence-electron chi connectivity index (χ4n) is 1.79. The van der Waals surface area contributed by atoms with Crippen LogP contribution < -0.4 is 5.32 Å². The summed E-state index contributed by atoms with van der Waals surface area (Å²) in [5, 5.41) is 3.01. The molecule has 4 nitrogen and oxygen atoms in total. The molecule has 2 unspecified atom stereocenters. The summed E-state index contributed by atoms with van der Waals surface area (Å²) in [5.74, 6) is -0.322. The van der Waals surface area contributed by atoms with Crippen LogP contribution in [0.15, 0.2) is 30.3 Å². The van der Waals surface area contributed by atoms with E-state index in [4.69, 9.17) is 4.74 Å². The van der Waals surface area contributed by atoms with E-state index >= 15 is 0 Å². The molecule has 104 valence electrons. The average molecular weight is 263 g/mol. The van der Waals surface area contributed by atoms with Crippen molar-refractivity contribution in [2.75, 3.05) is 7.11 Å². The number of carbonyl (C=O) groups excluding carboxylic acids is 2. The van der Waals surface area contributed by atoms with Crippen LogP contribution in [0.3, 0.4) is 0 Å². The highest BCUT2D eigenvalue weighted by molar-refractivity contribution is 5.82. The minimum absolute atomic E-state index is 0.00798. The van der Waals surface area contributed by atoms with Crippen molar-refractivity contribution >= 4 is 11.8 Å². The Morgan fingerprint density at radius 1 is 1.26 bits per heavy atom. The third kappa shape index (κ3) is 5.22. The fraction of sp³-hybridized carbons (Fsp3) is 0.467. The zero-order valence-corrected chi connectivity index (χ0v) is 11.7. The Morgan fingerprint density at radius 2 is 1.89 bits per heavy atom. The minimum Gasteiger partial charge on any atom is -0.468 e. The Bertz CT molecular complexity index is 417. The zero-order chi connectivity index (χ0) is 14.3. The first-order valence-corrected chi connectivity index (χ1v) is 6.43. The number of benzene rings is 1. The van der Waals surface area contributed by atoms with E-state index < -0.39 is 6.04 Å². The Hall–Kier alpha value is -1.68. The Kier molecular flexibility index (Phi) is 6.22. The van der Waals surface area contributed by atoms with Gasteiger partial charge in [-0.15, -0.1) is 0 Å². The van der Waals surface area contributed by atoms with E-state index in [0.717, 1.165) is 12.0 Å². The van der Waals surface area contributed by atoms with Crippen LogP contribution in [0.25, 0.3) is 0 Å². The standard InChI is InChI=1S/C15H21NO3/c1-11(12(2)17)16-14(15(18)19-3)10-9-13-7-5-4-6-8-13/h4-8,11,14,16H,9-10H2,1-3H3. The molecule has 0 amide bonds. The number of carbonyl (C=O) groups is 2. The number of hydrogen-bond acceptors (Lipinski definition) is 4. The molecule has 1 rings (SSSR count). The summed E-state index contributed by atoms with van der Waals surface area (Å²) in [5.41, 5.74) is 1.16. The zero-order valence-electron chi connectivity index (χ0n) is 11.7. The largest absolute Gasteiger partial charge is 0.468 e. The van der Waals surface area contributed by atoms with Crippen LogP contribution in [0.4, 0.5) is 0 Å². The van der Waals surface area contributed by atoms with Gasteiger partial charge < -0.3 is 4.74 Å². The smallest absolute Gasteiger partial charge is 0.322 e. The van der Waals surface area contributed by atoms with Gasteiger partial charge in [0, 0.05) is 0 Å². The molecule has 0 saturated heterocycles. The molecular weight excluding hydrogens is 242 g/mol. The van der Waals surface area contributed by atoms with Crippen molar-refractivity contribution < 1.29 is 14.3 Å². The summed E-state index contributed by atoms with van der Waals surface area (Å²) in [6.07, 6.45) is 1.37. The monoisotopic (exact) mass is 263 g/mol. The topological polar surface area (TPSA) is 55.4 Å². The van der Waals surface area contributed by atoms with Crippen LogP contribution in [-0.2, 0) is 20.7 Å². The van der Waals surface area contributed by atoms with Crippen molar-refractivity contribution in [2.24, 2.45) is 0 Å². The second-order valence-corrected chi connectivity index (χ2v) is 4.60. The minimum atomic E-state index is -0.455. The van der Waals surface area contributed by atoms with E-state index in [1.165, 1.54) is 14.0 Å². The maximum absolute atomic E-state index is 11.7. The molecular formula is C15H21NO3. The summed E-state index contributed by atoms with van der Waals surface area (Å²) in [4.78, 5) is 22.9. The molecule has 0 aliphatic rings. The molecule has 0 aromatic heterocycles. The molecule has 0 heterocycles. The molecule has 0 aliphatic carbocycles. The highest BCUT2D eigenvalue weighted by Crippen LogP contribution is 2.07. The van der Waals surface area contributed by atoms with Crippen LogP contribution in [0.2, 0.25) is 0 Å². The Morgan fingerprint density at radius 3 is 2.42 bits per heavy atom. The van der Waals surface area contributed by atoms with Crippen LogP contribution in [0.5, 0.6) is 0 Å². The second-order valence-electron chi connectivity index (χ2n) is 4.60. The van der Waals surface area contributed by atoms with Crippen LogP contribution in [-0.4, -0.2) is 30.9 Å². The summed E-state index contributed by atoms with van der Waals surface area (Å²) < 4.78 is 4.77. The quantitative estimate of drug-likeness (QED) is 0.761. The van der Waals surface area contributed by atoms with E-state index in [-0.39, 0.29) is 17.8 Å². The number of Topliss-reactive ketones (excluding diaryl/α,β-unsaturated/α-hetero) is 1. The van der Waals surface area contributed by atoms with Crippen molar-refractivity contribution in [2.45, 2.75) is 38.8 Å². The molecule has 0 fully saturated rings. The number of ether oxygens (including phenoxy) is 1. The molecule has 1 aromatic rings. The number of hydrogen-bond donors (Lipinski definition) is 1. The van der Waals surface area contributed by atoms with Gasteiger partial charge in [0.1, 0.15) is 11.8 Å². The maximum Gasteiger partial charge on any atom is 0.322 e. The second kappa shape index (κ2) is 7.69. The maximum atomic E-state index is 11.7. The van der Waals surface area contributed by atoms with Crippen LogP contribution in [0.1, 0.15) is 25.8 Å². The van der Waals surface area contributed by atoms with Gasteiger partial charge in [0.15, 0.2) is 0 Å². The Labute approximate surface area is 114 Å². The lowest BCUT2D eigenvalue weighted by atomic mass is 10.0.